The Hall–Kier alpha value is -3.06. The summed E-state index contributed by atoms with van der Waals surface area (Å²) in [6.45, 7) is 2.61. The molecule has 1 amide bonds. The molecule has 0 saturated carbocycles. The number of aromatic nitrogens is 1. The fourth-order valence-corrected chi connectivity index (χ4v) is 3.33. The molecular weight excluding hydrogens is 352 g/mol. The van der Waals surface area contributed by atoms with Gasteiger partial charge in [-0.05, 0) is 37.3 Å². The van der Waals surface area contributed by atoms with Gasteiger partial charge in [-0.25, -0.2) is 4.98 Å². The number of benzene rings is 2. The summed E-state index contributed by atoms with van der Waals surface area (Å²) in [5, 5.41) is 5.24. The number of carbonyl (C=O) groups is 1. The van der Waals surface area contributed by atoms with Gasteiger partial charge in [-0.1, -0.05) is 12.1 Å². The third-order valence-electron chi connectivity index (χ3n) is 3.82. The van der Waals surface area contributed by atoms with Crippen molar-refractivity contribution < 1.29 is 19.0 Å². The first kappa shape index (κ1) is 16.4. The zero-order valence-electron chi connectivity index (χ0n) is 14.0. The minimum absolute atomic E-state index is 0.233. The van der Waals surface area contributed by atoms with Gasteiger partial charge in [-0.15, -0.1) is 11.3 Å². The van der Waals surface area contributed by atoms with Crippen molar-refractivity contribution in [2.45, 2.75) is 6.92 Å². The van der Waals surface area contributed by atoms with Crippen molar-refractivity contribution in [2.75, 3.05) is 18.7 Å². The van der Waals surface area contributed by atoms with Crippen LogP contribution in [0.2, 0.25) is 0 Å². The summed E-state index contributed by atoms with van der Waals surface area (Å²) >= 11 is 1.36. The molecule has 132 valence electrons. The number of ether oxygens (including phenoxy) is 3. The molecular formula is C19H16N2O4S. The van der Waals surface area contributed by atoms with E-state index in [4.69, 9.17) is 14.2 Å². The Morgan fingerprint density at radius 2 is 2.08 bits per heavy atom. The lowest BCUT2D eigenvalue weighted by Crippen LogP contribution is -2.13. The SMILES string of the molecule is CCOc1ccccc1C(=O)Nc1nc(-c2ccc3c(c2)OCO3)cs1. The molecule has 0 atom stereocenters. The first-order chi connectivity index (χ1) is 12.7. The fourth-order valence-electron chi connectivity index (χ4n) is 2.62. The van der Waals surface area contributed by atoms with E-state index in [1.165, 1.54) is 11.3 Å². The lowest BCUT2D eigenvalue weighted by atomic mass is 10.1. The number of hydrogen-bond acceptors (Lipinski definition) is 6. The highest BCUT2D eigenvalue weighted by molar-refractivity contribution is 7.14. The second-order valence-corrected chi connectivity index (χ2v) is 6.35. The van der Waals surface area contributed by atoms with E-state index in [0.717, 1.165) is 17.0 Å². The molecule has 0 saturated heterocycles. The highest BCUT2D eigenvalue weighted by Crippen LogP contribution is 2.36. The molecule has 6 nitrogen and oxygen atoms in total. The Kier molecular flexibility index (Phi) is 4.45. The Morgan fingerprint density at radius 3 is 2.96 bits per heavy atom. The third-order valence-corrected chi connectivity index (χ3v) is 4.58. The molecule has 2 heterocycles. The van der Waals surface area contributed by atoms with Crippen LogP contribution < -0.4 is 19.5 Å². The Bertz CT molecular complexity index is 954. The maximum absolute atomic E-state index is 12.5. The molecule has 0 unspecified atom stereocenters. The maximum atomic E-state index is 12.5. The molecule has 0 radical (unpaired) electrons. The topological polar surface area (TPSA) is 69.7 Å². The van der Waals surface area contributed by atoms with E-state index in [1.807, 2.05) is 36.6 Å². The van der Waals surface area contributed by atoms with Crippen molar-refractivity contribution >= 4 is 22.4 Å². The molecule has 1 aromatic heterocycles. The number of nitrogens with zero attached hydrogens (tertiary/aromatic N) is 1. The average Bonchev–Trinajstić information content (AvgIpc) is 3.31. The van der Waals surface area contributed by atoms with E-state index in [1.54, 1.807) is 18.2 Å². The summed E-state index contributed by atoms with van der Waals surface area (Å²) in [4.78, 5) is 17.0. The van der Waals surface area contributed by atoms with Crippen LogP contribution in [0.1, 0.15) is 17.3 Å². The van der Waals surface area contributed by atoms with E-state index in [2.05, 4.69) is 10.3 Å². The van der Waals surface area contributed by atoms with Gasteiger partial charge in [-0.2, -0.15) is 0 Å². The van der Waals surface area contributed by atoms with Crippen LogP contribution in [0.15, 0.2) is 47.8 Å². The largest absolute Gasteiger partial charge is 0.493 e. The highest BCUT2D eigenvalue weighted by Gasteiger charge is 2.17. The summed E-state index contributed by atoms with van der Waals surface area (Å²) in [5.74, 6) is 1.73. The number of fused-ring (bicyclic) bond motifs is 1. The predicted molar refractivity (Wildman–Crippen MR) is 99.2 cm³/mol. The van der Waals surface area contributed by atoms with Crippen molar-refractivity contribution in [1.82, 2.24) is 4.98 Å². The van der Waals surface area contributed by atoms with Crippen LogP contribution in [0.5, 0.6) is 17.2 Å². The Labute approximate surface area is 154 Å². The third kappa shape index (κ3) is 3.21. The average molecular weight is 368 g/mol. The van der Waals surface area contributed by atoms with Gasteiger partial charge in [0.25, 0.3) is 5.91 Å². The summed E-state index contributed by atoms with van der Waals surface area (Å²) in [7, 11) is 0. The molecule has 26 heavy (non-hydrogen) atoms. The van der Waals surface area contributed by atoms with Gasteiger partial charge >= 0.3 is 0 Å². The van der Waals surface area contributed by atoms with Crippen molar-refractivity contribution in [3.05, 3.63) is 53.4 Å². The quantitative estimate of drug-likeness (QED) is 0.731. The smallest absolute Gasteiger partial charge is 0.261 e. The van der Waals surface area contributed by atoms with Gasteiger partial charge in [0.05, 0.1) is 17.9 Å². The van der Waals surface area contributed by atoms with Gasteiger partial charge in [-0.3, -0.25) is 10.1 Å². The van der Waals surface area contributed by atoms with Crippen LogP contribution >= 0.6 is 11.3 Å². The zero-order chi connectivity index (χ0) is 17.9. The van der Waals surface area contributed by atoms with Gasteiger partial charge in [0.15, 0.2) is 16.6 Å². The maximum Gasteiger partial charge on any atom is 0.261 e. The van der Waals surface area contributed by atoms with Crippen molar-refractivity contribution in [1.29, 1.82) is 0 Å². The Morgan fingerprint density at radius 1 is 1.23 bits per heavy atom. The number of nitrogens with one attached hydrogen (secondary N) is 1. The summed E-state index contributed by atoms with van der Waals surface area (Å²) in [6.07, 6.45) is 0. The fraction of sp³-hybridized carbons (Fsp3) is 0.158. The minimum Gasteiger partial charge on any atom is -0.493 e. The number of carbonyl (C=O) groups excluding carboxylic acids is 1. The molecule has 4 rings (SSSR count). The summed E-state index contributed by atoms with van der Waals surface area (Å²) in [6, 6.07) is 12.8. The van der Waals surface area contributed by atoms with E-state index >= 15 is 0 Å². The summed E-state index contributed by atoms with van der Waals surface area (Å²) < 4.78 is 16.2. The molecule has 1 N–H and O–H groups in total. The van der Waals surface area contributed by atoms with Gasteiger partial charge < -0.3 is 14.2 Å². The Balaban J connectivity index is 1.53. The number of thiazole rings is 1. The predicted octanol–water partition coefficient (Wildman–Crippen LogP) is 4.19. The van der Waals surface area contributed by atoms with Crippen molar-refractivity contribution in [3.8, 4) is 28.5 Å². The number of rotatable bonds is 5. The molecule has 0 bridgehead atoms. The highest BCUT2D eigenvalue weighted by atomic mass is 32.1. The molecule has 2 aromatic carbocycles. The number of hydrogen-bond donors (Lipinski definition) is 1. The standard InChI is InChI=1S/C19H16N2O4S/c1-2-23-15-6-4-3-5-13(15)18(22)21-19-20-14(10-26-19)12-7-8-16-17(9-12)25-11-24-16/h3-10H,2,11H2,1H3,(H,20,21,22). The molecule has 3 aromatic rings. The lowest BCUT2D eigenvalue weighted by Gasteiger charge is -2.08. The first-order valence-electron chi connectivity index (χ1n) is 8.13. The van der Waals surface area contributed by atoms with Gasteiger partial charge in [0.1, 0.15) is 5.75 Å². The van der Waals surface area contributed by atoms with Crippen molar-refractivity contribution in [3.63, 3.8) is 0 Å². The van der Waals surface area contributed by atoms with Crippen LogP contribution in [0, 0.1) is 0 Å². The van der Waals surface area contributed by atoms with Gasteiger partial charge in [0.2, 0.25) is 6.79 Å². The van der Waals surface area contributed by atoms with Gasteiger partial charge in [0, 0.05) is 10.9 Å². The monoisotopic (exact) mass is 368 g/mol. The molecule has 1 aliphatic heterocycles. The van der Waals surface area contributed by atoms with Crippen LogP contribution in [0.4, 0.5) is 5.13 Å². The normalized spacial score (nSPS) is 12.0. The van der Waals surface area contributed by atoms with Crippen molar-refractivity contribution in [2.24, 2.45) is 0 Å². The van der Waals surface area contributed by atoms with Crippen LogP contribution in [-0.4, -0.2) is 24.3 Å². The van der Waals surface area contributed by atoms with E-state index in [-0.39, 0.29) is 12.7 Å². The van der Waals surface area contributed by atoms with E-state index in [0.29, 0.717) is 28.8 Å². The van der Waals surface area contributed by atoms with Crippen LogP contribution in [-0.2, 0) is 0 Å². The number of amides is 1. The van der Waals surface area contributed by atoms with Crippen LogP contribution in [0.3, 0.4) is 0 Å². The number of anilines is 1. The van der Waals surface area contributed by atoms with E-state index < -0.39 is 0 Å². The zero-order valence-corrected chi connectivity index (χ0v) is 14.8. The molecule has 0 spiro atoms. The van der Waals surface area contributed by atoms with E-state index in [9.17, 15) is 4.79 Å². The second-order valence-electron chi connectivity index (χ2n) is 5.49. The van der Waals surface area contributed by atoms with Crippen LogP contribution in [0.25, 0.3) is 11.3 Å². The lowest BCUT2D eigenvalue weighted by molar-refractivity contribution is 0.102. The summed E-state index contributed by atoms with van der Waals surface area (Å²) in [5.41, 5.74) is 2.15. The molecule has 1 aliphatic rings. The first-order valence-corrected chi connectivity index (χ1v) is 9.01. The second kappa shape index (κ2) is 7.05. The minimum atomic E-state index is -0.249. The molecule has 0 fully saturated rings. The molecule has 0 aliphatic carbocycles. The number of para-hydroxylation sites is 1. The molecule has 7 heteroatoms.